The Morgan fingerprint density at radius 1 is 1.35 bits per heavy atom. The number of alkyl carbamates (subject to hydrolysis) is 1. The number of benzene rings is 1. The van der Waals surface area contributed by atoms with Gasteiger partial charge in [0, 0.05) is 12.1 Å². The molecule has 0 bridgehead atoms. The van der Waals surface area contributed by atoms with Crippen LogP contribution in [0.5, 0.6) is 5.75 Å². The first-order chi connectivity index (χ1) is 8.85. The minimum Gasteiger partial charge on any atom is -0.497 e. The van der Waals surface area contributed by atoms with Crippen LogP contribution >= 0.6 is 12.4 Å². The van der Waals surface area contributed by atoms with E-state index < -0.39 is 41.9 Å². The highest BCUT2D eigenvalue weighted by molar-refractivity contribution is 5.85. The molecule has 0 unspecified atom stereocenters. The van der Waals surface area contributed by atoms with Gasteiger partial charge in [0.15, 0.2) is 6.61 Å². The number of methoxy groups -OCH3 is 1. The molecule has 1 heterocycles. The second-order valence-electron chi connectivity index (χ2n) is 3.92. The molecule has 9 heteroatoms. The zero-order valence-corrected chi connectivity index (χ0v) is 10.9. The second kappa shape index (κ2) is 5.74. The zero-order chi connectivity index (χ0) is 14.2. The molecular formula is C11H10ClF4NO3. The maximum absolute atomic E-state index is 13.7. The molecule has 1 saturated heterocycles. The minimum atomic E-state index is -3.62. The molecule has 112 valence electrons. The number of carbonyl (C=O) groups excluding carboxylic acids is 1. The number of cyclic esters (lactones) is 1. The normalized spacial score (nSPS) is 20.4. The van der Waals surface area contributed by atoms with Gasteiger partial charge in [-0.05, 0) is 0 Å². The standard InChI is InChI=1S/C11H9F4NO3.ClH/c1-18-5-2-6(12)8(7(13)3-5)9-11(14,15)4-19-10(17)16-9;/h2-3,9H,4H2,1H3,(H,16,17);1H/t9-;/m0./s1. The molecule has 2 rings (SSSR count). The number of ether oxygens (including phenoxy) is 2. The van der Waals surface area contributed by atoms with Crippen LogP contribution in [0.15, 0.2) is 12.1 Å². The molecule has 20 heavy (non-hydrogen) atoms. The first-order valence-corrected chi connectivity index (χ1v) is 5.19. The van der Waals surface area contributed by atoms with Crippen LogP contribution in [0, 0.1) is 11.6 Å². The summed E-state index contributed by atoms with van der Waals surface area (Å²) in [6.45, 7) is -1.24. The van der Waals surface area contributed by atoms with E-state index in [4.69, 9.17) is 0 Å². The van der Waals surface area contributed by atoms with E-state index in [0.717, 1.165) is 12.1 Å². The van der Waals surface area contributed by atoms with Gasteiger partial charge in [0.2, 0.25) is 0 Å². The van der Waals surface area contributed by atoms with E-state index in [1.165, 1.54) is 7.11 Å². The largest absolute Gasteiger partial charge is 0.497 e. The lowest BCUT2D eigenvalue weighted by Gasteiger charge is -2.32. The molecule has 1 aromatic carbocycles. The van der Waals surface area contributed by atoms with Gasteiger partial charge in [-0.25, -0.2) is 22.4 Å². The third-order valence-electron chi connectivity index (χ3n) is 2.66. The summed E-state index contributed by atoms with van der Waals surface area (Å²) in [4.78, 5) is 10.9. The van der Waals surface area contributed by atoms with Crippen LogP contribution in [-0.2, 0) is 4.74 Å². The van der Waals surface area contributed by atoms with Crippen molar-refractivity contribution < 1.29 is 31.8 Å². The molecule has 1 aliphatic heterocycles. The lowest BCUT2D eigenvalue weighted by molar-refractivity contribution is -0.105. The number of alkyl halides is 2. The van der Waals surface area contributed by atoms with Gasteiger partial charge in [0.25, 0.3) is 0 Å². The van der Waals surface area contributed by atoms with Crippen molar-refractivity contribution in [1.82, 2.24) is 5.32 Å². The summed E-state index contributed by atoms with van der Waals surface area (Å²) in [7, 11) is 1.18. The Morgan fingerprint density at radius 3 is 2.40 bits per heavy atom. The molecule has 0 aromatic heterocycles. The highest BCUT2D eigenvalue weighted by atomic mass is 35.5. The fourth-order valence-corrected chi connectivity index (χ4v) is 1.75. The van der Waals surface area contributed by atoms with Crippen molar-refractivity contribution in [2.45, 2.75) is 12.0 Å². The van der Waals surface area contributed by atoms with Crippen LogP contribution < -0.4 is 10.1 Å². The summed E-state index contributed by atoms with van der Waals surface area (Å²) in [6, 6.07) is -0.605. The SMILES string of the molecule is COc1cc(F)c([C@@H]2NC(=O)OCC2(F)F)c(F)c1.Cl. The monoisotopic (exact) mass is 315 g/mol. The van der Waals surface area contributed by atoms with Gasteiger partial charge in [-0.3, -0.25) is 0 Å². The molecule has 1 aromatic rings. The average Bonchev–Trinajstić information content (AvgIpc) is 2.33. The molecule has 0 spiro atoms. The third kappa shape index (κ3) is 2.90. The van der Waals surface area contributed by atoms with E-state index in [2.05, 4.69) is 9.47 Å². The number of amides is 1. The van der Waals surface area contributed by atoms with Crippen molar-refractivity contribution in [3.63, 3.8) is 0 Å². The molecule has 1 amide bonds. The summed E-state index contributed by atoms with van der Waals surface area (Å²) >= 11 is 0. The van der Waals surface area contributed by atoms with E-state index in [1.807, 2.05) is 0 Å². The van der Waals surface area contributed by atoms with Crippen molar-refractivity contribution in [3.8, 4) is 5.75 Å². The first-order valence-electron chi connectivity index (χ1n) is 5.19. The molecule has 1 aliphatic rings. The maximum atomic E-state index is 13.7. The minimum absolute atomic E-state index is 0. The Morgan fingerprint density at radius 2 is 1.90 bits per heavy atom. The molecule has 4 nitrogen and oxygen atoms in total. The predicted octanol–water partition coefficient (Wildman–Crippen LogP) is 2.81. The lowest BCUT2D eigenvalue weighted by atomic mass is 9.98. The van der Waals surface area contributed by atoms with Crippen molar-refractivity contribution in [2.75, 3.05) is 13.7 Å². The van der Waals surface area contributed by atoms with Crippen molar-refractivity contribution >= 4 is 18.5 Å². The molecule has 0 aliphatic carbocycles. The fourth-order valence-electron chi connectivity index (χ4n) is 1.75. The highest BCUT2D eigenvalue weighted by Crippen LogP contribution is 2.37. The number of hydrogen-bond donors (Lipinski definition) is 1. The number of halogens is 5. The van der Waals surface area contributed by atoms with Crippen LogP contribution in [0.25, 0.3) is 0 Å². The first kappa shape index (κ1) is 16.4. The van der Waals surface area contributed by atoms with Gasteiger partial charge in [-0.15, -0.1) is 12.4 Å². The molecule has 0 radical (unpaired) electrons. The zero-order valence-electron chi connectivity index (χ0n) is 10.1. The van der Waals surface area contributed by atoms with Gasteiger partial charge in [-0.1, -0.05) is 0 Å². The second-order valence-corrected chi connectivity index (χ2v) is 3.92. The number of rotatable bonds is 2. The van der Waals surface area contributed by atoms with Crippen LogP contribution in [0.2, 0.25) is 0 Å². The van der Waals surface area contributed by atoms with Gasteiger partial charge in [0.1, 0.15) is 23.4 Å². The number of nitrogens with one attached hydrogen (secondary N) is 1. The van der Waals surface area contributed by atoms with Crippen LogP contribution in [0.3, 0.4) is 0 Å². The quantitative estimate of drug-likeness (QED) is 0.854. The van der Waals surface area contributed by atoms with Crippen LogP contribution in [0.1, 0.15) is 11.6 Å². The van der Waals surface area contributed by atoms with Gasteiger partial charge >= 0.3 is 12.0 Å². The van der Waals surface area contributed by atoms with Crippen molar-refractivity contribution in [2.24, 2.45) is 0 Å². The Hall–Kier alpha value is -1.70. The summed E-state index contributed by atoms with van der Waals surface area (Å²) in [5.41, 5.74) is -0.928. The summed E-state index contributed by atoms with van der Waals surface area (Å²) in [5.74, 6) is -6.24. The van der Waals surface area contributed by atoms with Crippen molar-refractivity contribution in [3.05, 3.63) is 29.3 Å². The summed E-state index contributed by atoms with van der Waals surface area (Å²) < 4.78 is 63.3. The molecule has 1 fully saturated rings. The molecule has 1 atom stereocenters. The summed E-state index contributed by atoms with van der Waals surface area (Å²) in [6.07, 6.45) is -1.16. The Labute approximate surface area is 117 Å². The van der Waals surface area contributed by atoms with E-state index in [-0.39, 0.29) is 18.2 Å². The van der Waals surface area contributed by atoms with E-state index in [9.17, 15) is 22.4 Å². The maximum Gasteiger partial charge on any atom is 0.408 e. The van der Waals surface area contributed by atoms with E-state index in [0.29, 0.717) is 0 Å². The van der Waals surface area contributed by atoms with Gasteiger partial charge < -0.3 is 14.8 Å². The number of hydrogen-bond acceptors (Lipinski definition) is 3. The topological polar surface area (TPSA) is 47.6 Å². The average molecular weight is 316 g/mol. The number of carbonyl (C=O) groups is 1. The van der Waals surface area contributed by atoms with Gasteiger partial charge in [0.05, 0.1) is 12.7 Å². The van der Waals surface area contributed by atoms with Crippen molar-refractivity contribution in [1.29, 1.82) is 0 Å². The summed E-state index contributed by atoms with van der Waals surface area (Å²) in [5, 5.41) is 1.71. The smallest absolute Gasteiger partial charge is 0.408 e. The van der Waals surface area contributed by atoms with E-state index >= 15 is 0 Å². The predicted molar refractivity (Wildman–Crippen MR) is 62.3 cm³/mol. The Bertz CT molecular complexity index is 503. The molecular weight excluding hydrogens is 306 g/mol. The third-order valence-corrected chi connectivity index (χ3v) is 2.66. The highest BCUT2D eigenvalue weighted by Gasteiger charge is 2.49. The van der Waals surface area contributed by atoms with Crippen LogP contribution in [0.4, 0.5) is 22.4 Å². The van der Waals surface area contributed by atoms with Crippen LogP contribution in [-0.4, -0.2) is 25.7 Å². The van der Waals surface area contributed by atoms with E-state index in [1.54, 1.807) is 5.32 Å². The fraction of sp³-hybridized carbons (Fsp3) is 0.364. The molecule has 1 N–H and O–H groups in total. The lowest BCUT2D eigenvalue weighted by Crippen LogP contribution is -2.50. The molecule has 0 saturated carbocycles. The van der Waals surface area contributed by atoms with Gasteiger partial charge in [-0.2, -0.15) is 0 Å². The Kier molecular flexibility index (Phi) is 4.69. The Balaban J connectivity index is 0.00000200.